The molecule has 1 heterocycles. The van der Waals surface area contributed by atoms with Gasteiger partial charge in [0.2, 0.25) is 0 Å². The van der Waals surface area contributed by atoms with E-state index in [1.54, 1.807) is 0 Å². The molecule has 0 bridgehead atoms. The molecule has 1 fully saturated rings. The fourth-order valence-electron chi connectivity index (χ4n) is 1.75. The minimum atomic E-state index is 0.292. The summed E-state index contributed by atoms with van der Waals surface area (Å²) in [6.07, 6.45) is 6.55. The van der Waals surface area contributed by atoms with Gasteiger partial charge in [0, 0.05) is 12.0 Å². The van der Waals surface area contributed by atoms with Crippen LogP contribution < -0.4 is 5.32 Å². The monoisotopic (exact) mass is 219 g/mol. The molecule has 1 saturated heterocycles. The van der Waals surface area contributed by atoms with Crippen LogP contribution in [0.2, 0.25) is 0 Å². The van der Waals surface area contributed by atoms with E-state index in [2.05, 4.69) is 5.32 Å². The Labute approximate surface area is 92.3 Å². The quantitative estimate of drug-likeness (QED) is 0.525. The first kappa shape index (κ1) is 12.3. The molecule has 0 spiro atoms. The van der Waals surface area contributed by atoms with Crippen molar-refractivity contribution in [1.82, 2.24) is 5.32 Å². The second-order valence-electron chi connectivity index (χ2n) is 4.10. The van der Waals surface area contributed by atoms with Gasteiger partial charge in [-0.3, -0.25) is 0 Å². The number of ether oxygens (including phenoxy) is 1. The zero-order valence-corrected chi connectivity index (χ0v) is 9.85. The number of rotatable bonds is 7. The third-order valence-electron chi connectivity index (χ3n) is 2.62. The van der Waals surface area contributed by atoms with Crippen molar-refractivity contribution in [2.75, 3.05) is 19.7 Å². The minimum Gasteiger partial charge on any atom is -0.378 e. The molecule has 1 rings (SSSR count). The Morgan fingerprint density at radius 1 is 1.50 bits per heavy atom. The molecule has 2 atom stereocenters. The molecular formula is C11H22ClNO. The van der Waals surface area contributed by atoms with Crippen molar-refractivity contribution in [2.45, 2.75) is 50.5 Å². The summed E-state index contributed by atoms with van der Waals surface area (Å²) in [7, 11) is 0. The van der Waals surface area contributed by atoms with Crippen LogP contribution in [0.25, 0.3) is 0 Å². The van der Waals surface area contributed by atoms with E-state index in [1.165, 1.54) is 25.7 Å². The van der Waals surface area contributed by atoms with Crippen LogP contribution in [0, 0.1) is 0 Å². The van der Waals surface area contributed by atoms with Gasteiger partial charge in [-0.15, -0.1) is 11.6 Å². The zero-order valence-electron chi connectivity index (χ0n) is 9.10. The molecule has 1 N–H and O–H groups in total. The maximum Gasteiger partial charge on any atom is 0.0576 e. The van der Waals surface area contributed by atoms with E-state index in [4.69, 9.17) is 16.3 Å². The Morgan fingerprint density at radius 2 is 2.36 bits per heavy atom. The molecule has 2 unspecified atom stereocenters. The lowest BCUT2D eigenvalue weighted by Crippen LogP contribution is -2.20. The normalized spacial score (nSPS) is 24.0. The van der Waals surface area contributed by atoms with E-state index in [9.17, 15) is 0 Å². The highest BCUT2D eigenvalue weighted by Gasteiger charge is 2.14. The maximum atomic E-state index is 5.83. The van der Waals surface area contributed by atoms with Gasteiger partial charge in [-0.05, 0) is 52.1 Å². The van der Waals surface area contributed by atoms with Gasteiger partial charge >= 0.3 is 0 Å². The maximum absolute atomic E-state index is 5.83. The molecule has 0 radical (unpaired) electrons. The van der Waals surface area contributed by atoms with E-state index in [-0.39, 0.29) is 0 Å². The summed E-state index contributed by atoms with van der Waals surface area (Å²) in [5.74, 6) is 0. The highest BCUT2D eigenvalue weighted by atomic mass is 35.5. The van der Waals surface area contributed by atoms with E-state index in [0.29, 0.717) is 11.5 Å². The molecule has 3 heteroatoms. The molecule has 2 nitrogen and oxygen atoms in total. The van der Waals surface area contributed by atoms with Crippen LogP contribution in [-0.4, -0.2) is 31.2 Å². The number of alkyl halides is 1. The molecule has 0 aromatic rings. The highest BCUT2D eigenvalue weighted by molar-refractivity contribution is 6.20. The van der Waals surface area contributed by atoms with Crippen molar-refractivity contribution >= 4 is 11.6 Å². The largest absolute Gasteiger partial charge is 0.378 e. The molecule has 0 aliphatic carbocycles. The van der Waals surface area contributed by atoms with Crippen molar-refractivity contribution < 1.29 is 4.74 Å². The van der Waals surface area contributed by atoms with E-state index in [1.807, 2.05) is 6.92 Å². The molecule has 84 valence electrons. The molecule has 0 aromatic heterocycles. The number of hydrogen-bond acceptors (Lipinski definition) is 2. The van der Waals surface area contributed by atoms with Gasteiger partial charge in [-0.25, -0.2) is 0 Å². The van der Waals surface area contributed by atoms with Crippen molar-refractivity contribution in [3.8, 4) is 0 Å². The van der Waals surface area contributed by atoms with Gasteiger partial charge in [0.05, 0.1) is 6.10 Å². The predicted octanol–water partition coefficient (Wildman–Crippen LogP) is 2.55. The van der Waals surface area contributed by atoms with Crippen LogP contribution >= 0.6 is 11.6 Å². The van der Waals surface area contributed by atoms with Crippen LogP contribution in [0.3, 0.4) is 0 Å². The molecule has 1 aliphatic rings. The number of nitrogens with one attached hydrogen (secondary N) is 1. The van der Waals surface area contributed by atoms with E-state index < -0.39 is 0 Å². The zero-order chi connectivity index (χ0) is 10.2. The molecule has 0 aromatic carbocycles. The summed E-state index contributed by atoms with van der Waals surface area (Å²) in [6, 6.07) is 0. The Bertz CT molecular complexity index is 135. The average molecular weight is 220 g/mol. The predicted molar refractivity (Wildman–Crippen MR) is 61.0 cm³/mol. The lowest BCUT2D eigenvalue weighted by molar-refractivity contribution is 0.102. The van der Waals surface area contributed by atoms with Crippen LogP contribution in [0.1, 0.15) is 39.0 Å². The summed E-state index contributed by atoms with van der Waals surface area (Å²) >= 11 is 5.83. The molecular weight excluding hydrogens is 198 g/mol. The van der Waals surface area contributed by atoms with Crippen molar-refractivity contribution in [2.24, 2.45) is 0 Å². The standard InChI is InChI=1S/C11H22ClNO/c1-10(12)6-8-13-7-2-4-11-5-3-9-14-11/h10-11,13H,2-9H2,1H3. The van der Waals surface area contributed by atoms with Crippen LogP contribution in [0.15, 0.2) is 0 Å². The first-order valence-electron chi connectivity index (χ1n) is 5.75. The van der Waals surface area contributed by atoms with Gasteiger partial charge < -0.3 is 10.1 Å². The number of halogens is 1. The Hall–Kier alpha value is 0.210. The Balaban J connectivity index is 1.79. The lowest BCUT2D eigenvalue weighted by Gasteiger charge is -2.09. The fraction of sp³-hybridized carbons (Fsp3) is 1.00. The summed E-state index contributed by atoms with van der Waals surface area (Å²) in [5.41, 5.74) is 0. The minimum absolute atomic E-state index is 0.292. The Morgan fingerprint density at radius 3 is 3.00 bits per heavy atom. The van der Waals surface area contributed by atoms with Crippen LogP contribution in [-0.2, 0) is 4.74 Å². The van der Waals surface area contributed by atoms with E-state index >= 15 is 0 Å². The highest BCUT2D eigenvalue weighted by Crippen LogP contribution is 2.16. The van der Waals surface area contributed by atoms with Crippen LogP contribution in [0.4, 0.5) is 0 Å². The van der Waals surface area contributed by atoms with Gasteiger partial charge in [0.25, 0.3) is 0 Å². The number of hydrogen-bond donors (Lipinski definition) is 1. The summed E-state index contributed by atoms with van der Waals surface area (Å²) < 4.78 is 5.55. The SMILES string of the molecule is CC(Cl)CCNCCCC1CCCO1. The van der Waals surface area contributed by atoms with Gasteiger partial charge in [-0.2, -0.15) is 0 Å². The Kier molecular flexibility index (Phi) is 6.57. The van der Waals surface area contributed by atoms with Gasteiger partial charge in [0.1, 0.15) is 0 Å². The third-order valence-corrected chi connectivity index (χ3v) is 2.84. The summed E-state index contributed by atoms with van der Waals surface area (Å²) in [5, 5.41) is 3.69. The van der Waals surface area contributed by atoms with E-state index in [0.717, 1.165) is 26.1 Å². The summed E-state index contributed by atoms with van der Waals surface area (Å²) in [4.78, 5) is 0. The van der Waals surface area contributed by atoms with Crippen molar-refractivity contribution in [3.05, 3.63) is 0 Å². The molecule has 0 amide bonds. The molecule has 1 aliphatic heterocycles. The third kappa shape index (κ3) is 5.84. The van der Waals surface area contributed by atoms with Crippen LogP contribution in [0.5, 0.6) is 0 Å². The van der Waals surface area contributed by atoms with Gasteiger partial charge in [-0.1, -0.05) is 0 Å². The smallest absolute Gasteiger partial charge is 0.0576 e. The molecule has 14 heavy (non-hydrogen) atoms. The second-order valence-corrected chi connectivity index (χ2v) is 4.84. The van der Waals surface area contributed by atoms with Crippen molar-refractivity contribution in [3.63, 3.8) is 0 Å². The lowest BCUT2D eigenvalue weighted by atomic mass is 10.1. The average Bonchev–Trinajstić information content (AvgIpc) is 2.63. The topological polar surface area (TPSA) is 21.3 Å². The van der Waals surface area contributed by atoms with Crippen molar-refractivity contribution in [1.29, 1.82) is 0 Å². The first-order valence-corrected chi connectivity index (χ1v) is 6.19. The summed E-state index contributed by atoms with van der Waals surface area (Å²) in [6.45, 7) is 5.15. The first-order chi connectivity index (χ1) is 6.79. The molecule has 0 saturated carbocycles. The fourth-order valence-corrected chi connectivity index (χ4v) is 1.86. The second kappa shape index (κ2) is 7.49. The van der Waals surface area contributed by atoms with Gasteiger partial charge in [0.15, 0.2) is 0 Å².